The number of sulfonamides is 1. The van der Waals surface area contributed by atoms with Crippen molar-refractivity contribution in [3.05, 3.63) is 40.4 Å². The van der Waals surface area contributed by atoms with Crippen LogP contribution >= 0.6 is 11.3 Å². The molecule has 0 bridgehead atoms. The second-order valence-electron chi connectivity index (χ2n) is 7.30. The van der Waals surface area contributed by atoms with E-state index in [0.29, 0.717) is 23.8 Å². The van der Waals surface area contributed by atoms with Crippen LogP contribution in [0.1, 0.15) is 41.2 Å². The van der Waals surface area contributed by atoms with Gasteiger partial charge in [0.05, 0.1) is 22.8 Å². The molecule has 1 amide bonds. The van der Waals surface area contributed by atoms with Gasteiger partial charge in [0.1, 0.15) is 0 Å². The van der Waals surface area contributed by atoms with Gasteiger partial charge in [-0.15, -0.1) is 11.3 Å². The second-order valence-corrected chi connectivity index (χ2v) is 10.3. The normalized spacial score (nSPS) is 22.8. The molecule has 1 aromatic heterocycles. The summed E-state index contributed by atoms with van der Waals surface area (Å²) in [6.07, 6.45) is 2.73. The molecule has 7 nitrogen and oxygen atoms in total. The average molecular weight is 422 g/mol. The number of aromatic nitrogens is 1. The number of hydrogen-bond acceptors (Lipinski definition) is 6. The van der Waals surface area contributed by atoms with E-state index in [4.69, 9.17) is 4.74 Å². The summed E-state index contributed by atoms with van der Waals surface area (Å²) in [6.45, 7) is 4.31. The van der Waals surface area contributed by atoms with Crippen molar-refractivity contribution in [3.63, 3.8) is 0 Å². The number of rotatable bonds is 4. The number of nitrogens with zero attached hydrogens (tertiary/aromatic N) is 2. The van der Waals surface area contributed by atoms with Crippen LogP contribution in [-0.4, -0.2) is 48.9 Å². The molecule has 1 aliphatic carbocycles. The molecule has 2 aromatic rings. The van der Waals surface area contributed by atoms with Gasteiger partial charge in [-0.1, -0.05) is 6.07 Å². The Morgan fingerprint density at radius 1 is 1.25 bits per heavy atom. The summed E-state index contributed by atoms with van der Waals surface area (Å²) in [7, 11) is -3.69. The molecule has 9 heteroatoms. The van der Waals surface area contributed by atoms with Crippen molar-refractivity contribution in [1.82, 2.24) is 9.29 Å². The summed E-state index contributed by atoms with van der Waals surface area (Å²) in [6, 6.07) is 6.16. The summed E-state index contributed by atoms with van der Waals surface area (Å²) in [5.74, 6) is -0.354. The zero-order chi connectivity index (χ0) is 19.9. The van der Waals surface area contributed by atoms with Gasteiger partial charge in [0, 0.05) is 23.5 Å². The van der Waals surface area contributed by atoms with Gasteiger partial charge in [0.15, 0.2) is 5.13 Å². The summed E-state index contributed by atoms with van der Waals surface area (Å²) >= 11 is 1.49. The summed E-state index contributed by atoms with van der Waals surface area (Å²) in [5.41, 5.74) is 1.36. The molecular weight excluding hydrogens is 398 g/mol. The Labute approximate surface area is 168 Å². The zero-order valence-electron chi connectivity index (χ0n) is 15.8. The number of carbonyl (C=O) groups is 1. The van der Waals surface area contributed by atoms with Crippen molar-refractivity contribution >= 4 is 32.4 Å². The number of benzene rings is 1. The van der Waals surface area contributed by atoms with Crippen LogP contribution in [0.15, 0.2) is 29.2 Å². The molecule has 4 rings (SSSR count). The molecule has 2 atom stereocenters. The molecule has 1 fully saturated rings. The van der Waals surface area contributed by atoms with Crippen LogP contribution in [0.3, 0.4) is 0 Å². The highest BCUT2D eigenvalue weighted by Crippen LogP contribution is 2.30. The minimum Gasteiger partial charge on any atom is -0.373 e. The maximum absolute atomic E-state index is 13.0. The molecular formula is C19H23N3O4S2. The van der Waals surface area contributed by atoms with Gasteiger partial charge in [0.2, 0.25) is 10.0 Å². The minimum atomic E-state index is -3.69. The molecule has 0 radical (unpaired) electrons. The Balaban J connectivity index is 1.54. The van der Waals surface area contributed by atoms with E-state index in [1.165, 1.54) is 32.7 Å². The quantitative estimate of drug-likeness (QED) is 0.820. The maximum Gasteiger partial charge on any atom is 0.257 e. The first-order valence-corrected chi connectivity index (χ1v) is 11.6. The monoisotopic (exact) mass is 421 g/mol. The fraction of sp³-hybridized carbons (Fsp3) is 0.474. The van der Waals surface area contributed by atoms with E-state index in [1.54, 1.807) is 12.1 Å². The topological polar surface area (TPSA) is 88.6 Å². The van der Waals surface area contributed by atoms with E-state index >= 15 is 0 Å². The van der Waals surface area contributed by atoms with Crippen molar-refractivity contribution in [2.75, 3.05) is 18.4 Å². The third-order valence-corrected chi connectivity index (χ3v) is 7.84. The Morgan fingerprint density at radius 3 is 2.71 bits per heavy atom. The highest BCUT2D eigenvalue weighted by molar-refractivity contribution is 7.89. The summed E-state index contributed by atoms with van der Waals surface area (Å²) < 4.78 is 33.1. The third kappa shape index (κ3) is 3.84. The lowest BCUT2D eigenvalue weighted by Gasteiger charge is -2.34. The Bertz CT molecular complexity index is 971. The average Bonchev–Trinajstić information content (AvgIpc) is 3.22. The molecule has 1 aliphatic heterocycles. The molecule has 150 valence electrons. The van der Waals surface area contributed by atoms with Gasteiger partial charge >= 0.3 is 0 Å². The van der Waals surface area contributed by atoms with Crippen LogP contribution in [-0.2, 0) is 27.6 Å². The number of fused-ring (bicyclic) bond motifs is 1. The van der Waals surface area contributed by atoms with Gasteiger partial charge in [0.25, 0.3) is 5.91 Å². The van der Waals surface area contributed by atoms with E-state index in [-0.39, 0.29) is 23.0 Å². The van der Waals surface area contributed by atoms with E-state index < -0.39 is 10.0 Å². The fourth-order valence-corrected chi connectivity index (χ4v) is 6.37. The Morgan fingerprint density at radius 2 is 2.00 bits per heavy atom. The molecule has 1 N–H and O–H groups in total. The lowest BCUT2D eigenvalue weighted by Crippen LogP contribution is -2.48. The van der Waals surface area contributed by atoms with Gasteiger partial charge < -0.3 is 4.74 Å². The van der Waals surface area contributed by atoms with Crippen LogP contribution < -0.4 is 5.32 Å². The van der Waals surface area contributed by atoms with Gasteiger partial charge in [-0.05, 0) is 51.3 Å². The largest absolute Gasteiger partial charge is 0.373 e. The van der Waals surface area contributed by atoms with Gasteiger partial charge in [-0.2, -0.15) is 4.31 Å². The molecule has 2 heterocycles. The van der Waals surface area contributed by atoms with Crippen LogP contribution in [0.5, 0.6) is 0 Å². The third-order valence-electron chi connectivity index (χ3n) is 4.94. The second kappa shape index (κ2) is 7.55. The molecule has 0 saturated carbocycles. The van der Waals surface area contributed by atoms with Crippen molar-refractivity contribution in [3.8, 4) is 0 Å². The number of aryl methyl sites for hydroxylation is 2. The smallest absolute Gasteiger partial charge is 0.257 e. The van der Waals surface area contributed by atoms with Crippen LogP contribution in [0.25, 0.3) is 0 Å². The van der Waals surface area contributed by atoms with Crippen molar-refractivity contribution in [2.24, 2.45) is 0 Å². The van der Waals surface area contributed by atoms with E-state index in [2.05, 4.69) is 10.3 Å². The first-order chi connectivity index (χ1) is 13.3. The van der Waals surface area contributed by atoms with Crippen LogP contribution in [0.4, 0.5) is 5.13 Å². The molecule has 2 aliphatic rings. The SMILES string of the molecule is C[C@H]1CN(S(=O)(=O)c2cccc(C(=O)Nc3nc4c(s3)CCC4)c2)C[C@H](C)O1. The number of carbonyl (C=O) groups excluding carboxylic acids is 1. The minimum absolute atomic E-state index is 0.114. The number of morpholine rings is 1. The van der Waals surface area contributed by atoms with Gasteiger partial charge in [-0.3, -0.25) is 10.1 Å². The van der Waals surface area contributed by atoms with Crippen molar-refractivity contribution in [1.29, 1.82) is 0 Å². The number of nitrogens with one attached hydrogen (secondary N) is 1. The number of anilines is 1. The van der Waals surface area contributed by atoms with Crippen molar-refractivity contribution in [2.45, 2.75) is 50.2 Å². The van der Waals surface area contributed by atoms with Gasteiger partial charge in [-0.25, -0.2) is 13.4 Å². The molecule has 1 aromatic carbocycles. The maximum atomic E-state index is 13.0. The van der Waals surface area contributed by atoms with Crippen LogP contribution in [0.2, 0.25) is 0 Å². The van der Waals surface area contributed by atoms with E-state index in [1.807, 2.05) is 13.8 Å². The highest BCUT2D eigenvalue weighted by atomic mass is 32.2. The van der Waals surface area contributed by atoms with E-state index in [9.17, 15) is 13.2 Å². The lowest BCUT2D eigenvalue weighted by molar-refractivity contribution is -0.0440. The summed E-state index contributed by atoms with van der Waals surface area (Å²) in [5, 5.41) is 3.37. The first kappa shape index (κ1) is 19.5. The molecule has 1 saturated heterocycles. The molecule has 28 heavy (non-hydrogen) atoms. The van der Waals surface area contributed by atoms with Crippen molar-refractivity contribution < 1.29 is 17.9 Å². The zero-order valence-corrected chi connectivity index (χ0v) is 17.5. The highest BCUT2D eigenvalue weighted by Gasteiger charge is 2.32. The Hall–Kier alpha value is -1.81. The summed E-state index contributed by atoms with van der Waals surface area (Å²) in [4.78, 5) is 18.4. The predicted octanol–water partition coefficient (Wildman–Crippen LogP) is 2.68. The lowest BCUT2D eigenvalue weighted by atomic mass is 10.2. The molecule has 0 spiro atoms. The first-order valence-electron chi connectivity index (χ1n) is 9.38. The number of thiazole rings is 1. The van der Waals surface area contributed by atoms with E-state index in [0.717, 1.165) is 25.0 Å². The number of amides is 1. The van der Waals surface area contributed by atoms with Crippen LogP contribution in [0, 0.1) is 0 Å². The molecule has 0 unspecified atom stereocenters. The standard InChI is InChI=1S/C19H23N3O4S2/c1-12-10-22(11-13(2)26-12)28(24,25)15-6-3-5-14(9-15)18(23)21-19-20-16-7-4-8-17(16)27-19/h3,5-6,9,12-13H,4,7-8,10-11H2,1-2H3,(H,20,21,23)/t12-,13-/m0/s1. The Kier molecular flexibility index (Phi) is 5.26. The number of hydrogen-bond donors (Lipinski definition) is 1. The fourth-order valence-electron chi connectivity index (χ4n) is 3.69. The predicted molar refractivity (Wildman–Crippen MR) is 107 cm³/mol. The number of ether oxygens (including phenoxy) is 1.